The summed E-state index contributed by atoms with van der Waals surface area (Å²) in [6.07, 6.45) is 1.51. The third-order valence-electron chi connectivity index (χ3n) is 2.80. The number of benzene rings is 1. The maximum atomic E-state index is 11.7. The van der Waals surface area contributed by atoms with Gasteiger partial charge in [-0.3, -0.25) is 0 Å². The smallest absolute Gasteiger partial charge is 0.341 e. The first-order valence-corrected chi connectivity index (χ1v) is 7.32. The summed E-state index contributed by atoms with van der Waals surface area (Å²) in [5.74, 6) is 0.863. The van der Waals surface area contributed by atoms with E-state index in [2.05, 4.69) is 0 Å². The average molecular weight is 291 g/mol. The molecular weight excluding hydrogens is 274 g/mol. The van der Waals surface area contributed by atoms with Crippen LogP contribution in [0.4, 0.5) is 5.69 Å². The number of carbonyl (C=O) groups is 1. The van der Waals surface area contributed by atoms with Crippen LogP contribution < -0.4 is 5.73 Å². The summed E-state index contributed by atoms with van der Waals surface area (Å²) in [4.78, 5) is 12.9. The van der Waals surface area contributed by atoms with Crippen molar-refractivity contribution in [3.05, 3.63) is 47.4 Å². The minimum atomic E-state index is -0.342. The van der Waals surface area contributed by atoms with Gasteiger partial charge in [-0.1, -0.05) is 0 Å². The highest BCUT2D eigenvalue weighted by Gasteiger charge is 2.16. The van der Waals surface area contributed by atoms with E-state index in [-0.39, 0.29) is 5.97 Å². The molecule has 106 valence electrons. The van der Waals surface area contributed by atoms with Crippen LogP contribution in [-0.4, -0.2) is 12.6 Å². The van der Waals surface area contributed by atoms with Gasteiger partial charge < -0.3 is 14.9 Å². The highest BCUT2D eigenvalue weighted by atomic mass is 32.2. The van der Waals surface area contributed by atoms with Crippen LogP contribution in [0.15, 0.2) is 39.8 Å². The van der Waals surface area contributed by atoms with Crippen molar-refractivity contribution in [3.63, 3.8) is 0 Å². The van der Waals surface area contributed by atoms with Crippen molar-refractivity contribution in [3.8, 4) is 0 Å². The third-order valence-corrected chi connectivity index (χ3v) is 3.97. The fourth-order valence-corrected chi connectivity index (χ4v) is 2.78. The second-order valence-corrected chi connectivity index (χ2v) is 5.31. The van der Waals surface area contributed by atoms with Gasteiger partial charge in [-0.15, -0.1) is 11.8 Å². The van der Waals surface area contributed by atoms with Gasteiger partial charge in [0.05, 0.1) is 18.6 Å². The van der Waals surface area contributed by atoms with Gasteiger partial charge in [0, 0.05) is 10.6 Å². The fraction of sp³-hybridized carbons (Fsp3) is 0.267. The van der Waals surface area contributed by atoms with E-state index in [4.69, 9.17) is 14.9 Å². The normalized spacial score (nSPS) is 10.5. The molecule has 2 aromatic rings. The maximum Gasteiger partial charge on any atom is 0.341 e. The number of nitrogens with two attached hydrogens (primary N) is 1. The van der Waals surface area contributed by atoms with E-state index in [0.717, 1.165) is 16.1 Å². The van der Waals surface area contributed by atoms with Crippen LogP contribution in [0.3, 0.4) is 0 Å². The van der Waals surface area contributed by atoms with Gasteiger partial charge in [-0.25, -0.2) is 4.79 Å². The maximum absolute atomic E-state index is 11.7. The number of rotatable bonds is 5. The Morgan fingerprint density at radius 2 is 2.20 bits per heavy atom. The zero-order chi connectivity index (χ0) is 14.5. The van der Waals surface area contributed by atoms with E-state index < -0.39 is 0 Å². The molecule has 1 aromatic carbocycles. The van der Waals surface area contributed by atoms with Crippen molar-refractivity contribution < 1.29 is 13.9 Å². The molecule has 2 rings (SSSR count). The van der Waals surface area contributed by atoms with Crippen LogP contribution in [0.2, 0.25) is 0 Å². The van der Waals surface area contributed by atoms with Crippen LogP contribution in [0.1, 0.15) is 28.6 Å². The molecule has 1 heterocycles. The molecule has 5 heteroatoms. The predicted octanol–water partition coefficient (Wildman–Crippen LogP) is 3.64. The Bertz CT molecular complexity index is 607. The minimum Gasteiger partial charge on any atom is -0.468 e. The molecule has 0 atom stereocenters. The van der Waals surface area contributed by atoms with Gasteiger partial charge in [0.25, 0.3) is 0 Å². The second kappa shape index (κ2) is 6.52. The van der Waals surface area contributed by atoms with Crippen molar-refractivity contribution >= 4 is 23.4 Å². The molecule has 2 N–H and O–H groups in total. The molecule has 1 aromatic heterocycles. The standard InChI is InChI=1S/C15H17NO3S/c1-3-18-15(17)12-6-7-19-13(12)9-20-14-5-4-11(16)8-10(14)2/h4-8H,3,9,16H2,1-2H3. The van der Waals surface area contributed by atoms with Crippen LogP contribution in [0.25, 0.3) is 0 Å². The Labute approximate surface area is 122 Å². The summed E-state index contributed by atoms with van der Waals surface area (Å²) in [5, 5.41) is 0. The number of carbonyl (C=O) groups excluding carboxylic acids is 1. The Morgan fingerprint density at radius 1 is 1.40 bits per heavy atom. The zero-order valence-electron chi connectivity index (χ0n) is 11.5. The van der Waals surface area contributed by atoms with E-state index in [9.17, 15) is 4.79 Å². The molecule has 4 nitrogen and oxygen atoms in total. The van der Waals surface area contributed by atoms with Crippen molar-refractivity contribution in [2.75, 3.05) is 12.3 Å². The summed E-state index contributed by atoms with van der Waals surface area (Å²) in [5.41, 5.74) is 8.08. The van der Waals surface area contributed by atoms with E-state index in [1.807, 2.05) is 25.1 Å². The predicted molar refractivity (Wildman–Crippen MR) is 79.8 cm³/mol. The van der Waals surface area contributed by atoms with Gasteiger partial charge in [0.2, 0.25) is 0 Å². The van der Waals surface area contributed by atoms with Gasteiger partial charge in [0.1, 0.15) is 11.3 Å². The summed E-state index contributed by atoms with van der Waals surface area (Å²) < 4.78 is 10.4. The first-order valence-electron chi connectivity index (χ1n) is 6.34. The van der Waals surface area contributed by atoms with E-state index in [1.165, 1.54) is 6.26 Å². The fourth-order valence-electron chi connectivity index (χ4n) is 1.82. The monoisotopic (exact) mass is 291 g/mol. The molecule has 0 spiro atoms. The van der Waals surface area contributed by atoms with Crippen LogP contribution in [-0.2, 0) is 10.5 Å². The quantitative estimate of drug-likeness (QED) is 0.517. The van der Waals surface area contributed by atoms with Crippen molar-refractivity contribution in [1.29, 1.82) is 0 Å². The summed E-state index contributed by atoms with van der Waals surface area (Å²) in [6.45, 7) is 4.14. The van der Waals surface area contributed by atoms with Crippen LogP contribution in [0.5, 0.6) is 0 Å². The zero-order valence-corrected chi connectivity index (χ0v) is 12.3. The molecule has 0 aliphatic carbocycles. The first kappa shape index (κ1) is 14.5. The molecular formula is C15H17NO3S. The van der Waals surface area contributed by atoms with Crippen molar-refractivity contribution in [1.82, 2.24) is 0 Å². The summed E-state index contributed by atoms with van der Waals surface area (Å²) >= 11 is 1.61. The molecule has 0 aliphatic rings. The lowest BCUT2D eigenvalue weighted by Crippen LogP contribution is -2.05. The molecule has 0 saturated carbocycles. The Morgan fingerprint density at radius 3 is 2.90 bits per heavy atom. The highest BCUT2D eigenvalue weighted by Crippen LogP contribution is 2.29. The van der Waals surface area contributed by atoms with E-state index >= 15 is 0 Å². The summed E-state index contributed by atoms with van der Waals surface area (Å²) in [6, 6.07) is 7.41. The van der Waals surface area contributed by atoms with Gasteiger partial charge in [-0.2, -0.15) is 0 Å². The number of thioether (sulfide) groups is 1. The lowest BCUT2D eigenvalue weighted by molar-refractivity contribution is 0.0524. The molecule has 0 radical (unpaired) electrons. The van der Waals surface area contributed by atoms with Gasteiger partial charge in [-0.05, 0) is 43.7 Å². The number of hydrogen-bond donors (Lipinski definition) is 1. The molecule has 0 amide bonds. The number of anilines is 1. The molecule has 0 aliphatic heterocycles. The van der Waals surface area contributed by atoms with Gasteiger partial charge in [0.15, 0.2) is 0 Å². The number of aryl methyl sites for hydroxylation is 1. The topological polar surface area (TPSA) is 65.5 Å². The SMILES string of the molecule is CCOC(=O)c1ccoc1CSc1ccc(N)cc1C. The van der Waals surface area contributed by atoms with Crippen LogP contribution >= 0.6 is 11.8 Å². The number of hydrogen-bond acceptors (Lipinski definition) is 5. The number of furan rings is 1. The number of ether oxygens (including phenoxy) is 1. The van der Waals surface area contributed by atoms with Crippen LogP contribution in [0, 0.1) is 6.92 Å². The molecule has 20 heavy (non-hydrogen) atoms. The van der Waals surface area contributed by atoms with Crippen molar-refractivity contribution in [2.45, 2.75) is 24.5 Å². The Kier molecular flexibility index (Phi) is 4.74. The number of esters is 1. The van der Waals surface area contributed by atoms with E-state index in [0.29, 0.717) is 23.7 Å². The minimum absolute atomic E-state index is 0.342. The van der Waals surface area contributed by atoms with Gasteiger partial charge >= 0.3 is 5.97 Å². The second-order valence-electron chi connectivity index (χ2n) is 4.29. The number of nitrogen functional groups attached to an aromatic ring is 1. The summed E-state index contributed by atoms with van der Waals surface area (Å²) in [7, 11) is 0. The van der Waals surface area contributed by atoms with Crippen molar-refractivity contribution in [2.24, 2.45) is 0 Å². The molecule has 0 fully saturated rings. The van der Waals surface area contributed by atoms with E-state index in [1.54, 1.807) is 24.8 Å². The highest BCUT2D eigenvalue weighted by molar-refractivity contribution is 7.98. The first-order chi connectivity index (χ1) is 9.61. The Hall–Kier alpha value is -1.88. The molecule has 0 bridgehead atoms. The Balaban J connectivity index is 2.08. The largest absolute Gasteiger partial charge is 0.468 e. The average Bonchev–Trinajstić information content (AvgIpc) is 2.86. The molecule has 0 unspecified atom stereocenters. The lowest BCUT2D eigenvalue weighted by Gasteiger charge is -2.06. The molecule has 0 saturated heterocycles. The third kappa shape index (κ3) is 3.36. The lowest BCUT2D eigenvalue weighted by atomic mass is 10.2.